The van der Waals surface area contributed by atoms with E-state index in [-0.39, 0.29) is 31.1 Å². The molecule has 2 fully saturated rings. The first-order valence-corrected chi connectivity index (χ1v) is 15.1. The summed E-state index contributed by atoms with van der Waals surface area (Å²) in [5.74, 6) is 0.195. The molecule has 4 rings (SSSR count). The van der Waals surface area contributed by atoms with Gasteiger partial charge in [0.2, 0.25) is 0 Å². The van der Waals surface area contributed by atoms with Crippen molar-refractivity contribution in [2.45, 2.75) is 62.6 Å². The molecule has 0 spiro atoms. The van der Waals surface area contributed by atoms with E-state index in [1.54, 1.807) is 6.92 Å². The van der Waals surface area contributed by atoms with Gasteiger partial charge in [-0.25, -0.2) is 9.59 Å². The number of hydrogen-bond acceptors (Lipinski definition) is 14. The topological polar surface area (TPSA) is 254 Å². The highest BCUT2D eigenvalue weighted by molar-refractivity contribution is 8.39. The minimum absolute atomic E-state index is 0.0837. The SMILES string of the molecule is C[C@]1(CO)O[C@@H](n2ccc(N)nc2=O)CC1O[P+](=O)O.C[C@]1(CO)O[C@@H](n2ccc(N)nc2=O)CC1O[P+](=O)S. The van der Waals surface area contributed by atoms with E-state index in [9.17, 15) is 28.9 Å². The maximum atomic E-state index is 11.8. The lowest BCUT2D eigenvalue weighted by molar-refractivity contribution is -0.112. The van der Waals surface area contributed by atoms with E-state index >= 15 is 0 Å². The van der Waals surface area contributed by atoms with Gasteiger partial charge in [0.05, 0.1) is 13.2 Å². The van der Waals surface area contributed by atoms with Gasteiger partial charge in [-0.3, -0.25) is 9.13 Å². The number of anilines is 2. The van der Waals surface area contributed by atoms with Crippen LogP contribution in [0.25, 0.3) is 0 Å². The number of aromatic nitrogens is 4. The molecule has 0 radical (unpaired) electrons. The summed E-state index contributed by atoms with van der Waals surface area (Å²) in [5.41, 5.74) is 7.39. The van der Waals surface area contributed by atoms with Crippen molar-refractivity contribution < 1.29 is 42.8 Å². The van der Waals surface area contributed by atoms with Gasteiger partial charge >= 0.3 is 26.9 Å². The van der Waals surface area contributed by atoms with Crippen molar-refractivity contribution in [2.24, 2.45) is 0 Å². The van der Waals surface area contributed by atoms with Crippen LogP contribution in [0.15, 0.2) is 34.1 Å². The highest BCUT2D eigenvalue weighted by Crippen LogP contribution is 2.43. The standard InChI is InChI=1S/C10H14N3O6P.C10H14N3O5PS/c1-10(5-14)6(19-20(16)17)4-8(18-10)13-3-2-7(11)12-9(13)15;1-10(5-14)6(18-19(16)20)4-8(17-10)13-3-2-7(11)12-9(13)15/h2-3,6,8,14H,4-5H2,1H3,(H2-,11,12,15,16,17);2-3,6,8,14H,4-5H2,1H3,(H2-,11,12,15,16,20)/p+2/t2*6?,8-,10-/m11/s1. The summed E-state index contributed by atoms with van der Waals surface area (Å²) in [5, 5.41) is 18.8. The molecule has 20 heteroatoms. The Kier molecular flexibility index (Phi) is 10.5. The van der Waals surface area contributed by atoms with Crippen molar-refractivity contribution >= 4 is 39.4 Å². The van der Waals surface area contributed by atoms with Gasteiger partial charge in [0.1, 0.15) is 53.6 Å². The predicted octanol–water partition coefficient (Wildman–Crippen LogP) is -0.00190. The number of ether oxygens (including phenoxy) is 2. The average molecular weight is 625 g/mol. The molecule has 0 aliphatic carbocycles. The summed E-state index contributed by atoms with van der Waals surface area (Å²) >= 11 is 3.69. The van der Waals surface area contributed by atoms with Crippen LogP contribution in [0.4, 0.5) is 11.6 Å². The Morgan fingerprint density at radius 2 is 1.35 bits per heavy atom. The second-order valence-corrected chi connectivity index (χ2v) is 11.7. The van der Waals surface area contributed by atoms with Gasteiger partial charge in [0.25, 0.3) is 0 Å². The van der Waals surface area contributed by atoms with Crippen LogP contribution in [0.5, 0.6) is 0 Å². The molecule has 40 heavy (non-hydrogen) atoms. The summed E-state index contributed by atoms with van der Waals surface area (Å²) in [4.78, 5) is 39.5. The van der Waals surface area contributed by atoms with Gasteiger partial charge in [-0.05, 0) is 30.5 Å². The first-order valence-electron chi connectivity index (χ1n) is 11.6. The van der Waals surface area contributed by atoms with Crippen LogP contribution in [0.2, 0.25) is 0 Å². The molecule has 220 valence electrons. The van der Waals surface area contributed by atoms with Crippen molar-refractivity contribution in [1.82, 2.24) is 19.1 Å². The third kappa shape index (κ3) is 7.47. The highest BCUT2D eigenvalue weighted by atomic mass is 32.7. The summed E-state index contributed by atoms with van der Waals surface area (Å²) in [6.45, 7) is 2.38. The fourth-order valence-electron chi connectivity index (χ4n) is 4.17. The van der Waals surface area contributed by atoms with Gasteiger partial charge in [-0.15, -0.1) is 13.9 Å². The lowest BCUT2D eigenvalue weighted by atomic mass is 10.0. The molecule has 4 unspecified atom stereocenters. The van der Waals surface area contributed by atoms with Crippen LogP contribution < -0.4 is 22.8 Å². The summed E-state index contributed by atoms with van der Waals surface area (Å²) in [6.07, 6.45) is 0.325. The Morgan fingerprint density at radius 3 is 1.68 bits per heavy atom. The first-order chi connectivity index (χ1) is 18.7. The zero-order chi connectivity index (χ0) is 29.8. The number of aliphatic hydroxyl groups is 2. The Bertz CT molecular complexity index is 1260. The molecule has 4 heterocycles. The van der Waals surface area contributed by atoms with Crippen LogP contribution in [0.1, 0.15) is 39.1 Å². The van der Waals surface area contributed by atoms with E-state index < -0.39 is 69.3 Å². The minimum atomic E-state index is -2.84. The summed E-state index contributed by atoms with van der Waals surface area (Å²) in [7, 11) is -4.99. The maximum absolute atomic E-state index is 11.8. The highest BCUT2D eigenvalue weighted by Gasteiger charge is 2.51. The molecule has 2 aliphatic heterocycles. The molecule has 0 aromatic carbocycles. The lowest BCUT2D eigenvalue weighted by Gasteiger charge is -2.24. The van der Waals surface area contributed by atoms with E-state index in [0.717, 1.165) is 0 Å². The second-order valence-electron chi connectivity index (χ2n) is 9.31. The summed E-state index contributed by atoms with van der Waals surface area (Å²) in [6, 6.07) is 2.90. The van der Waals surface area contributed by atoms with E-state index in [4.69, 9.17) is 34.9 Å². The van der Waals surface area contributed by atoms with E-state index in [1.165, 1.54) is 40.6 Å². The third-order valence-electron chi connectivity index (χ3n) is 6.39. The number of thiol groups is 1. The van der Waals surface area contributed by atoms with Gasteiger partial charge < -0.3 is 31.2 Å². The number of nitrogens with two attached hydrogens (primary N) is 2. The fourth-order valence-corrected chi connectivity index (χ4v) is 5.57. The van der Waals surface area contributed by atoms with Crippen LogP contribution >= 0.6 is 27.7 Å². The number of aliphatic hydroxyl groups excluding tert-OH is 2. The van der Waals surface area contributed by atoms with Gasteiger partial charge in [-0.1, -0.05) is 0 Å². The molecule has 0 saturated carbocycles. The average Bonchev–Trinajstić information content (AvgIpc) is 3.36. The molecule has 2 aliphatic rings. The monoisotopic (exact) mass is 624 g/mol. The predicted molar refractivity (Wildman–Crippen MR) is 142 cm³/mol. The molecular formula is C20H30N6O11P2S+2. The number of rotatable bonds is 8. The van der Waals surface area contributed by atoms with Gasteiger partial charge in [-0.2, -0.15) is 9.97 Å². The Labute approximate surface area is 234 Å². The molecular weight excluding hydrogens is 594 g/mol. The van der Waals surface area contributed by atoms with Crippen LogP contribution in [-0.4, -0.2) is 70.8 Å². The number of nitrogens with zero attached hydrogens (tertiary/aromatic N) is 4. The molecule has 0 bridgehead atoms. The first kappa shape index (κ1) is 32.1. The van der Waals surface area contributed by atoms with Gasteiger partial charge in [0.15, 0.2) is 6.10 Å². The number of nitrogen functional groups attached to an aromatic ring is 2. The molecule has 7 N–H and O–H groups in total. The minimum Gasteiger partial charge on any atom is -0.393 e. The molecule has 0 amide bonds. The van der Waals surface area contributed by atoms with Crippen LogP contribution in [0.3, 0.4) is 0 Å². The Hall–Kier alpha value is -2.37. The van der Waals surface area contributed by atoms with Crippen molar-refractivity contribution in [3.8, 4) is 0 Å². The smallest absolute Gasteiger partial charge is 0.393 e. The Balaban J connectivity index is 0.000000220. The normalized spacial score (nSPS) is 30.4. The Morgan fingerprint density at radius 1 is 0.950 bits per heavy atom. The van der Waals surface area contributed by atoms with Crippen LogP contribution in [-0.2, 0) is 27.7 Å². The van der Waals surface area contributed by atoms with E-state index in [1.807, 2.05) is 0 Å². The molecule has 2 aromatic heterocycles. The second kappa shape index (κ2) is 13.1. The van der Waals surface area contributed by atoms with Crippen molar-refractivity contribution in [3.63, 3.8) is 0 Å². The van der Waals surface area contributed by atoms with Crippen molar-refractivity contribution in [3.05, 3.63) is 45.5 Å². The quantitative estimate of drug-likeness (QED) is 0.167. The molecule has 2 aromatic rings. The molecule has 17 nitrogen and oxygen atoms in total. The van der Waals surface area contributed by atoms with E-state index in [0.29, 0.717) is 0 Å². The van der Waals surface area contributed by atoms with Crippen molar-refractivity contribution in [2.75, 3.05) is 24.7 Å². The zero-order valence-corrected chi connectivity index (χ0v) is 24.0. The van der Waals surface area contributed by atoms with Crippen molar-refractivity contribution in [1.29, 1.82) is 0 Å². The fraction of sp³-hybridized carbons (Fsp3) is 0.600. The summed E-state index contributed by atoms with van der Waals surface area (Å²) < 4.78 is 45.6. The van der Waals surface area contributed by atoms with Gasteiger partial charge in [0, 0.05) is 29.8 Å². The maximum Gasteiger partial charge on any atom is 0.695 e. The lowest BCUT2D eigenvalue weighted by Crippen LogP contribution is -2.40. The molecule has 2 saturated heterocycles. The largest absolute Gasteiger partial charge is 0.695 e. The number of hydrogen-bond donors (Lipinski definition) is 6. The molecule has 8 atom stereocenters. The van der Waals surface area contributed by atoms with E-state index in [2.05, 4.69) is 22.2 Å². The van der Waals surface area contributed by atoms with Crippen LogP contribution in [0, 0.1) is 0 Å². The zero-order valence-electron chi connectivity index (χ0n) is 21.3. The third-order valence-corrected chi connectivity index (χ3v) is 7.54.